The van der Waals surface area contributed by atoms with Crippen LogP contribution in [0.5, 0.6) is 0 Å². The van der Waals surface area contributed by atoms with Crippen molar-refractivity contribution in [3.8, 4) is 0 Å². The number of rotatable bonds is 4. The van der Waals surface area contributed by atoms with Gasteiger partial charge in [-0.1, -0.05) is 18.2 Å². The van der Waals surface area contributed by atoms with E-state index in [4.69, 9.17) is 0 Å². The van der Waals surface area contributed by atoms with Crippen LogP contribution in [0, 0.1) is 0 Å². The lowest BCUT2D eigenvalue weighted by Gasteiger charge is -2.05. The highest BCUT2D eigenvalue weighted by Crippen LogP contribution is 2.12. The van der Waals surface area contributed by atoms with Crippen molar-refractivity contribution in [3.05, 3.63) is 30.3 Å². The Balaban J connectivity index is 2.83. The van der Waals surface area contributed by atoms with E-state index in [2.05, 4.69) is 19.7 Å². The number of azo groups is 1. The topological polar surface area (TPSA) is 77.3 Å². The van der Waals surface area contributed by atoms with Crippen molar-refractivity contribution >= 4 is 17.6 Å². The molecule has 1 aromatic carbocycles. The number of carbonyl (C=O) groups is 2. The lowest BCUT2D eigenvalue weighted by Crippen LogP contribution is -2.30. The fourth-order valence-electron chi connectivity index (χ4n) is 1.03. The summed E-state index contributed by atoms with van der Waals surface area (Å²) >= 11 is 0. The fraction of sp³-hybridized carbons (Fsp3) is 0.273. The fourth-order valence-corrected chi connectivity index (χ4v) is 1.03. The molecule has 0 spiro atoms. The Labute approximate surface area is 98.3 Å². The minimum atomic E-state index is -1.38. The minimum absolute atomic E-state index is 0.533. The maximum Gasteiger partial charge on any atom is 0.344 e. The predicted octanol–water partition coefficient (Wildman–Crippen LogP) is 1.48. The Morgan fingerprint density at radius 1 is 1.06 bits per heavy atom. The molecule has 0 amide bonds. The first-order valence-electron chi connectivity index (χ1n) is 4.80. The van der Waals surface area contributed by atoms with Crippen LogP contribution in [-0.2, 0) is 19.1 Å². The van der Waals surface area contributed by atoms with E-state index >= 15 is 0 Å². The lowest BCUT2D eigenvalue weighted by molar-refractivity contribution is -0.153. The smallest absolute Gasteiger partial charge is 0.344 e. The number of esters is 2. The third kappa shape index (κ3) is 3.67. The van der Waals surface area contributed by atoms with Gasteiger partial charge in [0, 0.05) is 0 Å². The van der Waals surface area contributed by atoms with Crippen LogP contribution in [-0.4, -0.2) is 32.2 Å². The van der Waals surface area contributed by atoms with Crippen molar-refractivity contribution in [2.45, 2.75) is 6.04 Å². The second kappa shape index (κ2) is 6.37. The Hall–Kier alpha value is -2.24. The molecule has 90 valence electrons. The van der Waals surface area contributed by atoms with E-state index in [1.165, 1.54) is 0 Å². The van der Waals surface area contributed by atoms with Crippen molar-refractivity contribution in [3.63, 3.8) is 0 Å². The van der Waals surface area contributed by atoms with Crippen LogP contribution >= 0.6 is 0 Å². The van der Waals surface area contributed by atoms with Crippen molar-refractivity contribution in [2.75, 3.05) is 14.2 Å². The maximum absolute atomic E-state index is 11.3. The van der Waals surface area contributed by atoms with Gasteiger partial charge in [-0.3, -0.25) is 0 Å². The maximum atomic E-state index is 11.3. The highest BCUT2D eigenvalue weighted by atomic mass is 16.5. The molecule has 17 heavy (non-hydrogen) atoms. The van der Waals surface area contributed by atoms with E-state index < -0.39 is 18.0 Å². The molecule has 1 aromatic rings. The van der Waals surface area contributed by atoms with Crippen LogP contribution in [0.1, 0.15) is 0 Å². The molecule has 0 atom stereocenters. The van der Waals surface area contributed by atoms with E-state index in [1.807, 2.05) is 6.07 Å². The number of carbonyl (C=O) groups excluding carboxylic acids is 2. The van der Waals surface area contributed by atoms with Crippen molar-refractivity contribution in [1.82, 2.24) is 0 Å². The van der Waals surface area contributed by atoms with Gasteiger partial charge in [0.05, 0.1) is 19.9 Å². The van der Waals surface area contributed by atoms with Crippen molar-refractivity contribution in [2.24, 2.45) is 10.2 Å². The zero-order chi connectivity index (χ0) is 12.7. The molecule has 6 nitrogen and oxygen atoms in total. The number of hydrogen-bond donors (Lipinski definition) is 0. The van der Waals surface area contributed by atoms with Crippen LogP contribution in [0.3, 0.4) is 0 Å². The number of methoxy groups -OCH3 is 2. The van der Waals surface area contributed by atoms with Crippen molar-refractivity contribution in [1.29, 1.82) is 0 Å². The Bertz CT molecular complexity index is 401. The van der Waals surface area contributed by atoms with Gasteiger partial charge in [-0.25, -0.2) is 9.59 Å². The molecule has 0 heterocycles. The average Bonchev–Trinajstić information content (AvgIpc) is 2.39. The second-order valence-electron chi connectivity index (χ2n) is 3.00. The Morgan fingerprint density at radius 3 is 2.06 bits per heavy atom. The first-order valence-corrected chi connectivity index (χ1v) is 4.80. The Kier molecular flexibility index (Phi) is 4.80. The zero-order valence-electron chi connectivity index (χ0n) is 9.49. The molecule has 1 rings (SSSR count). The molecule has 0 radical (unpaired) electrons. The summed E-state index contributed by atoms with van der Waals surface area (Å²) in [5, 5.41) is 7.38. The van der Waals surface area contributed by atoms with E-state index in [0.29, 0.717) is 5.69 Å². The highest BCUT2D eigenvalue weighted by molar-refractivity contribution is 5.99. The third-order valence-corrected chi connectivity index (χ3v) is 1.89. The normalized spacial score (nSPS) is 10.5. The molecule has 0 aliphatic heterocycles. The summed E-state index contributed by atoms with van der Waals surface area (Å²) in [6.07, 6.45) is 0. The Morgan fingerprint density at radius 2 is 1.59 bits per heavy atom. The summed E-state index contributed by atoms with van der Waals surface area (Å²) in [5.41, 5.74) is 0.533. The first-order chi connectivity index (χ1) is 8.19. The largest absolute Gasteiger partial charge is 0.467 e. The molecular formula is C11H12N2O4. The van der Waals surface area contributed by atoms with Crippen LogP contribution in [0.4, 0.5) is 5.69 Å². The van der Waals surface area contributed by atoms with Crippen LogP contribution in [0.2, 0.25) is 0 Å². The molecule has 0 aliphatic rings. The summed E-state index contributed by atoms with van der Waals surface area (Å²) in [6, 6.07) is 7.34. The van der Waals surface area contributed by atoms with Gasteiger partial charge in [0.2, 0.25) is 0 Å². The lowest BCUT2D eigenvalue weighted by atomic mass is 10.3. The molecule has 6 heteroatoms. The number of hydrogen-bond acceptors (Lipinski definition) is 6. The van der Waals surface area contributed by atoms with Gasteiger partial charge in [0.15, 0.2) is 0 Å². The first kappa shape index (κ1) is 12.8. The van der Waals surface area contributed by atoms with Gasteiger partial charge < -0.3 is 9.47 Å². The zero-order valence-corrected chi connectivity index (χ0v) is 9.49. The molecular weight excluding hydrogens is 224 g/mol. The molecule has 0 saturated carbocycles. The highest BCUT2D eigenvalue weighted by Gasteiger charge is 2.28. The second-order valence-corrected chi connectivity index (χ2v) is 3.00. The number of benzene rings is 1. The van der Waals surface area contributed by atoms with E-state index in [9.17, 15) is 9.59 Å². The van der Waals surface area contributed by atoms with Gasteiger partial charge in [-0.2, -0.15) is 10.2 Å². The molecule has 0 bridgehead atoms. The summed E-state index contributed by atoms with van der Waals surface area (Å²) < 4.78 is 8.86. The summed E-state index contributed by atoms with van der Waals surface area (Å²) in [6.45, 7) is 0. The summed E-state index contributed by atoms with van der Waals surface area (Å²) in [4.78, 5) is 22.5. The van der Waals surface area contributed by atoms with Crippen LogP contribution in [0.15, 0.2) is 40.6 Å². The predicted molar refractivity (Wildman–Crippen MR) is 58.8 cm³/mol. The SMILES string of the molecule is COC(=O)C(N=Nc1ccccc1)C(=O)OC. The van der Waals surface area contributed by atoms with Crippen LogP contribution < -0.4 is 0 Å². The molecule has 0 saturated heterocycles. The minimum Gasteiger partial charge on any atom is -0.467 e. The molecule has 0 fully saturated rings. The van der Waals surface area contributed by atoms with E-state index in [0.717, 1.165) is 14.2 Å². The van der Waals surface area contributed by atoms with Crippen molar-refractivity contribution < 1.29 is 19.1 Å². The molecule has 0 unspecified atom stereocenters. The average molecular weight is 236 g/mol. The van der Waals surface area contributed by atoms with Crippen LogP contribution in [0.25, 0.3) is 0 Å². The van der Waals surface area contributed by atoms with E-state index in [1.54, 1.807) is 24.3 Å². The summed E-state index contributed by atoms with van der Waals surface area (Å²) in [7, 11) is 2.33. The van der Waals surface area contributed by atoms with Gasteiger partial charge >= 0.3 is 11.9 Å². The molecule has 0 N–H and O–H groups in total. The molecule has 0 aromatic heterocycles. The third-order valence-electron chi connectivity index (χ3n) is 1.89. The van der Waals surface area contributed by atoms with Gasteiger partial charge in [-0.05, 0) is 12.1 Å². The van der Waals surface area contributed by atoms with Gasteiger partial charge in [-0.15, -0.1) is 0 Å². The van der Waals surface area contributed by atoms with E-state index in [-0.39, 0.29) is 0 Å². The number of nitrogens with zero attached hydrogens (tertiary/aromatic N) is 2. The quantitative estimate of drug-likeness (QED) is 0.450. The van der Waals surface area contributed by atoms with Gasteiger partial charge in [0.1, 0.15) is 0 Å². The monoisotopic (exact) mass is 236 g/mol. The van der Waals surface area contributed by atoms with Gasteiger partial charge in [0.25, 0.3) is 6.04 Å². The summed E-state index contributed by atoms with van der Waals surface area (Å²) in [5.74, 6) is -1.62. The molecule has 0 aliphatic carbocycles. The number of ether oxygens (including phenoxy) is 2. The standard InChI is InChI=1S/C11H12N2O4/c1-16-10(14)9(11(15)17-2)13-12-8-6-4-3-5-7-8/h3-7,9H,1-2H3.